The Hall–Kier alpha value is -2.93. The topological polar surface area (TPSA) is 75.4 Å². The van der Waals surface area contributed by atoms with Gasteiger partial charge in [0.15, 0.2) is 11.4 Å². The van der Waals surface area contributed by atoms with Crippen molar-refractivity contribution in [3.63, 3.8) is 0 Å². The van der Waals surface area contributed by atoms with Gasteiger partial charge in [-0.1, -0.05) is 30.3 Å². The molecule has 3 heterocycles. The van der Waals surface area contributed by atoms with Crippen LogP contribution in [0.15, 0.2) is 52.9 Å². The highest BCUT2D eigenvalue weighted by Gasteiger charge is 2.29. The van der Waals surface area contributed by atoms with Crippen molar-refractivity contribution in [3.8, 4) is 16.3 Å². The van der Waals surface area contributed by atoms with E-state index in [1.165, 1.54) is 16.9 Å². The molecule has 0 radical (unpaired) electrons. The number of carbonyl (C=O) groups excluding carboxylic acids is 1. The number of amides is 1. The van der Waals surface area contributed by atoms with Crippen molar-refractivity contribution in [2.45, 2.75) is 25.8 Å². The Bertz CT molecular complexity index is 1030. The third kappa shape index (κ3) is 3.57. The summed E-state index contributed by atoms with van der Waals surface area (Å²) in [6, 6.07) is 10.3. The van der Waals surface area contributed by atoms with Crippen LogP contribution in [0.4, 0.5) is 0 Å². The van der Waals surface area contributed by atoms with Crippen molar-refractivity contribution in [2.75, 3.05) is 13.1 Å². The molecule has 3 aromatic rings. The number of rotatable bonds is 6. The molecule has 1 amide bonds. The summed E-state index contributed by atoms with van der Waals surface area (Å²) in [5, 5.41) is 12.8. The SMILES string of the molecule is O=C1c2c(O)c(=O)c(-c3nccs3)cn2CCN1CCCCc1ccccc1. The van der Waals surface area contributed by atoms with Crippen molar-refractivity contribution in [2.24, 2.45) is 0 Å². The normalized spacial score (nSPS) is 13.6. The minimum Gasteiger partial charge on any atom is -0.503 e. The third-order valence-electron chi connectivity index (χ3n) is 5.01. The van der Waals surface area contributed by atoms with E-state index in [1.54, 1.807) is 27.2 Å². The van der Waals surface area contributed by atoms with Gasteiger partial charge in [-0.05, 0) is 24.8 Å². The third-order valence-corrected chi connectivity index (χ3v) is 5.81. The number of benzene rings is 1. The second-order valence-electron chi connectivity index (χ2n) is 6.83. The van der Waals surface area contributed by atoms with Gasteiger partial charge in [0.1, 0.15) is 5.01 Å². The number of hydrogen-bond acceptors (Lipinski definition) is 5. The number of hydrogen-bond donors (Lipinski definition) is 1. The number of fused-ring (bicyclic) bond motifs is 1. The van der Waals surface area contributed by atoms with Crippen molar-refractivity contribution >= 4 is 17.2 Å². The number of aryl methyl sites for hydroxylation is 1. The van der Waals surface area contributed by atoms with Crippen molar-refractivity contribution < 1.29 is 9.90 Å². The monoisotopic (exact) mass is 395 g/mol. The van der Waals surface area contributed by atoms with E-state index in [0.29, 0.717) is 30.2 Å². The Kier molecular flexibility index (Phi) is 5.25. The maximum Gasteiger partial charge on any atom is 0.274 e. The molecule has 7 heteroatoms. The van der Waals surface area contributed by atoms with Crippen molar-refractivity contribution in [1.29, 1.82) is 0 Å². The molecule has 1 aliphatic rings. The zero-order chi connectivity index (χ0) is 19.5. The molecule has 4 rings (SSSR count). The molecule has 2 aromatic heterocycles. The molecule has 0 saturated heterocycles. The maximum atomic E-state index is 12.8. The van der Waals surface area contributed by atoms with E-state index in [4.69, 9.17) is 0 Å². The van der Waals surface area contributed by atoms with Gasteiger partial charge in [-0.2, -0.15) is 0 Å². The molecule has 1 aromatic carbocycles. The van der Waals surface area contributed by atoms with E-state index < -0.39 is 11.2 Å². The van der Waals surface area contributed by atoms with Gasteiger partial charge in [-0.15, -0.1) is 11.3 Å². The molecule has 0 unspecified atom stereocenters. The van der Waals surface area contributed by atoms with Gasteiger partial charge in [0.25, 0.3) is 5.91 Å². The van der Waals surface area contributed by atoms with Crippen LogP contribution in [0.3, 0.4) is 0 Å². The number of aromatic hydroxyl groups is 1. The molecular formula is C21H21N3O3S. The van der Waals surface area contributed by atoms with Crippen LogP contribution in [0.2, 0.25) is 0 Å². The first kappa shape index (κ1) is 18.4. The van der Waals surface area contributed by atoms with Gasteiger partial charge in [0.05, 0.1) is 5.56 Å². The summed E-state index contributed by atoms with van der Waals surface area (Å²) in [4.78, 5) is 31.3. The maximum absolute atomic E-state index is 12.8. The summed E-state index contributed by atoms with van der Waals surface area (Å²) in [7, 11) is 0. The van der Waals surface area contributed by atoms with Crippen LogP contribution in [0.1, 0.15) is 28.9 Å². The molecule has 0 saturated carbocycles. The lowest BCUT2D eigenvalue weighted by molar-refractivity contribution is 0.0694. The predicted molar refractivity (Wildman–Crippen MR) is 109 cm³/mol. The molecule has 6 nitrogen and oxygen atoms in total. The van der Waals surface area contributed by atoms with Crippen LogP contribution in [0.25, 0.3) is 10.6 Å². The van der Waals surface area contributed by atoms with Crippen molar-refractivity contribution in [3.05, 3.63) is 69.6 Å². The van der Waals surface area contributed by atoms with E-state index in [1.807, 2.05) is 18.2 Å². The lowest BCUT2D eigenvalue weighted by atomic mass is 10.1. The number of thiazole rings is 1. The van der Waals surface area contributed by atoms with Gasteiger partial charge in [0.2, 0.25) is 5.43 Å². The van der Waals surface area contributed by atoms with Crippen LogP contribution in [0.5, 0.6) is 5.75 Å². The Morgan fingerprint density at radius 1 is 1.11 bits per heavy atom. The molecule has 0 aliphatic carbocycles. The average molecular weight is 395 g/mol. The zero-order valence-electron chi connectivity index (χ0n) is 15.4. The first-order valence-corrected chi connectivity index (χ1v) is 10.2. The van der Waals surface area contributed by atoms with Gasteiger partial charge in [0, 0.05) is 37.4 Å². The fraction of sp³-hybridized carbons (Fsp3) is 0.286. The van der Waals surface area contributed by atoms with E-state index >= 15 is 0 Å². The second-order valence-corrected chi connectivity index (χ2v) is 7.73. The summed E-state index contributed by atoms with van der Waals surface area (Å²) in [5.74, 6) is -0.766. The Labute approximate surface area is 166 Å². The summed E-state index contributed by atoms with van der Waals surface area (Å²) < 4.78 is 1.68. The van der Waals surface area contributed by atoms with Gasteiger partial charge in [-0.25, -0.2) is 4.98 Å². The average Bonchev–Trinajstić information content (AvgIpc) is 3.24. The standard InChI is InChI=1S/C21H21N3O3S/c25-18-16(20-22-9-13-28-20)14-24-12-11-23(21(27)17(24)19(18)26)10-5-4-8-15-6-2-1-3-7-15/h1-3,6-7,9,13-14,26H,4-5,8,10-12H2. The minimum atomic E-state index is -0.541. The summed E-state index contributed by atoms with van der Waals surface area (Å²) in [6.45, 7) is 1.73. The van der Waals surface area contributed by atoms with E-state index in [0.717, 1.165) is 19.3 Å². The largest absolute Gasteiger partial charge is 0.503 e. The van der Waals surface area contributed by atoms with Crippen molar-refractivity contribution in [1.82, 2.24) is 14.5 Å². The molecule has 28 heavy (non-hydrogen) atoms. The smallest absolute Gasteiger partial charge is 0.274 e. The van der Waals surface area contributed by atoms with Gasteiger partial charge in [-0.3, -0.25) is 9.59 Å². The minimum absolute atomic E-state index is 0.0830. The quantitative estimate of drug-likeness (QED) is 0.651. The molecular weight excluding hydrogens is 374 g/mol. The first-order chi connectivity index (χ1) is 13.6. The van der Waals surface area contributed by atoms with Crippen LogP contribution < -0.4 is 5.43 Å². The molecule has 1 N–H and O–H groups in total. The lowest BCUT2D eigenvalue weighted by Crippen LogP contribution is -2.42. The predicted octanol–water partition coefficient (Wildman–Crippen LogP) is 3.16. The molecule has 0 atom stereocenters. The van der Waals surface area contributed by atoms with Crippen LogP contribution in [0, 0.1) is 0 Å². The highest BCUT2D eigenvalue weighted by atomic mass is 32.1. The number of aromatic nitrogens is 2. The fourth-order valence-electron chi connectivity index (χ4n) is 3.53. The summed E-state index contributed by atoms with van der Waals surface area (Å²) in [6.07, 6.45) is 6.09. The Balaban J connectivity index is 1.46. The van der Waals surface area contributed by atoms with E-state index in [-0.39, 0.29) is 11.6 Å². The Morgan fingerprint density at radius 2 is 1.93 bits per heavy atom. The second kappa shape index (κ2) is 7.98. The van der Waals surface area contributed by atoms with Crippen LogP contribution >= 0.6 is 11.3 Å². The van der Waals surface area contributed by atoms with E-state index in [9.17, 15) is 14.7 Å². The lowest BCUT2D eigenvalue weighted by Gasteiger charge is -2.30. The van der Waals surface area contributed by atoms with Crippen LogP contribution in [-0.4, -0.2) is 38.6 Å². The summed E-state index contributed by atoms with van der Waals surface area (Å²) in [5.41, 5.74) is 1.16. The Morgan fingerprint density at radius 3 is 2.68 bits per heavy atom. The number of pyridine rings is 1. The fourth-order valence-corrected chi connectivity index (χ4v) is 4.17. The molecule has 1 aliphatic heterocycles. The van der Waals surface area contributed by atoms with Gasteiger partial charge >= 0.3 is 0 Å². The molecule has 0 bridgehead atoms. The number of unbranched alkanes of at least 4 members (excludes halogenated alkanes) is 1. The molecule has 144 valence electrons. The zero-order valence-corrected chi connectivity index (χ0v) is 16.2. The van der Waals surface area contributed by atoms with E-state index in [2.05, 4.69) is 17.1 Å². The summed E-state index contributed by atoms with van der Waals surface area (Å²) >= 11 is 1.33. The highest BCUT2D eigenvalue weighted by molar-refractivity contribution is 7.13. The van der Waals surface area contributed by atoms with Gasteiger partial charge < -0.3 is 14.6 Å². The number of nitrogens with zero attached hydrogens (tertiary/aromatic N) is 3. The first-order valence-electron chi connectivity index (χ1n) is 9.34. The highest BCUT2D eigenvalue weighted by Crippen LogP contribution is 2.26. The van der Waals surface area contributed by atoms with Crippen LogP contribution in [-0.2, 0) is 13.0 Å². The number of carbonyl (C=O) groups is 1. The molecule has 0 fully saturated rings. The molecule has 0 spiro atoms.